The molecule has 0 spiro atoms. The third-order valence-corrected chi connectivity index (χ3v) is 7.11. The molecule has 0 aliphatic carbocycles. The molecule has 0 saturated carbocycles. The van der Waals surface area contributed by atoms with Crippen molar-refractivity contribution in [1.29, 1.82) is 0 Å². The van der Waals surface area contributed by atoms with Crippen LogP contribution in [0.25, 0.3) is 0 Å². The van der Waals surface area contributed by atoms with E-state index in [4.69, 9.17) is 4.74 Å². The zero-order chi connectivity index (χ0) is 21.3. The molecule has 2 saturated heterocycles. The highest BCUT2D eigenvalue weighted by molar-refractivity contribution is 7.93. The molecule has 3 heterocycles. The van der Waals surface area contributed by atoms with Gasteiger partial charge in [-0.1, -0.05) is 6.07 Å². The average Bonchev–Trinajstić information content (AvgIpc) is 3.07. The maximum Gasteiger partial charge on any atom is 0.255 e. The molecule has 2 atom stereocenters. The molecule has 30 heavy (non-hydrogen) atoms. The molecule has 2 aromatic rings. The number of morpholine rings is 1. The molecular formula is C21H26N4O4S. The molecule has 1 amide bonds. The predicted molar refractivity (Wildman–Crippen MR) is 117 cm³/mol. The SMILES string of the molecule is CC1CN(c2ccc(NC(=O)c3cccc(N4CCCS4(=O)=O)c3)cn2)CC(C)O1. The van der Waals surface area contributed by atoms with Gasteiger partial charge >= 0.3 is 0 Å². The second-order valence-corrected chi connectivity index (χ2v) is 9.83. The van der Waals surface area contributed by atoms with Gasteiger partial charge in [0.1, 0.15) is 5.82 Å². The smallest absolute Gasteiger partial charge is 0.255 e. The molecule has 1 aromatic heterocycles. The normalized spacial score (nSPS) is 23.4. The molecule has 2 fully saturated rings. The van der Waals surface area contributed by atoms with Crippen LogP contribution in [-0.4, -0.2) is 56.9 Å². The van der Waals surface area contributed by atoms with E-state index in [9.17, 15) is 13.2 Å². The molecule has 8 nitrogen and oxygen atoms in total. The molecular weight excluding hydrogens is 404 g/mol. The molecule has 9 heteroatoms. The highest BCUT2D eigenvalue weighted by atomic mass is 32.2. The summed E-state index contributed by atoms with van der Waals surface area (Å²) in [4.78, 5) is 19.3. The van der Waals surface area contributed by atoms with Crippen LogP contribution < -0.4 is 14.5 Å². The first-order valence-corrected chi connectivity index (χ1v) is 11.7. The standard InChI is InChI=1S/C21H26N4O4S/c1-15-13-24(14-16(2)29-15)20-8-7-18(12-22-20)23-21(26)17-5-3-6-19(11-17)25-9-4-10-30(25,27)28/h3,5-8,11-12,15-16H,4,9-10,13-14H2,1-2H3,(H,23,26). The van der Waals surface area contributed by atoms with Gasteiger partial charge in [0, 0.05) is 25.2 Å². The van der Waals surface area contributed by atoms with Gasteiger partial charge in [-0.25, -0.2) is 13.4 Å². The van der Waals surface area contributed by atoms with Crippen LogP contribution in [0.5, 0.6) is 0 Å². The highest BCUT2D eigenvalue weighted by Crippen LogP contribution is 2.25. The summed E-state index contributed by atoms with van der Waals surface area (Å²) in [6, 6.07) is 10.4. The topological polar surface area (TPSA) is 91.8 Å². The number of aromatic nitrogens is 1. The minimum absolute atomic E-state index is 0.140. The number of hydrogen-bond donors (Lipinski definition) is 1. The Morgan fingerprint density at radius 2 is 1.93 bits per heavy atom. The number of amides is 1. The molecule has 2 aliphatic heterocycles. The van der Waals surface area contributed by atoms with Gasteiger partial charge in [0.05, 0.1) is 35.5 Å². The quantitative estimate of drug-likeness (QED) is 0.801. The third kappa shape index (κ3) is 4.41. The maximum absolute atomic E-state index is 12.7. The fraction of sp³-hybridized carbons (Fsp3) is 0.429. The first-order chi connectivity index (χ1) is 14.3. The Bertz CT molecular complexity index is 1020. The van der Waals surface area contributed by atoms with Crippen LogP contribution in [0, 0.1) is 0 Å². The summed E-state index contributed by atoms with van der Waals surface area (Å²) in [7, 11) is -3.29. The molecule has 160 valence electrons. The second-order valence-electron chi connectivity index (χ2n) is 7.81. The Morgan fingerprint density at radius 3 is 2.57 bits per heavy atom. The number of carbonyl (C=O) groups is 1. The number of hydrogen-bond acceptors (Lipinski definition) is 6. The van der Waals surface area contributed by atoms with Crippen LogP contribution in [0.3, 0.4) is 0 Å². The Hall–Kier alpha value is -2.65. The number of nitrogens with one attached hydrogen (secondary N) is 1. The Balaban J connectivity index is 1.45. The zero-order valence-corrected chi connectivity index (χ0v) is 17.9. The van der Waals surface area contributed by atoms with Gasteiger partial charge in [-0.3, -0.25) is 9.10 Å². The lowest BCUT2D eigenvalue weighted by atomic mass is 10.2. The fourth-order valence-electron chi connectivity index (χ4n) is 3.95. The van der Waals surface area contributed by atoms with Gasteiger partial charge in [-0.2, -0.15) is 0 Å². The summed E-state index contributed by atoms with van der Waals surface area (Å²) in [5.74, 6) is 0.676. The molecule has 2 aliphatic rings. The van der Waals surface area contributed by atoms with Crippen molar-refractivity contribution in [1.82, 2.24) is 4.98 Å². The number of nitrogens with zero attached hydrogens (tertiary/aromatic N) is 3. The Morgan fingerprint density at radius 1 is 1.17 bits per heavy atom. The van der Waals surface area contributed by atoms with E-state index in [1.165, 1.54) is 4.31 Å². The second kappa shape index (κ2) is 8.23. The molecule has 0 bridgehead atoms. The number of carbonyl (C=O) groups excluding carboxylic acids is 1. The summed E-state index contributed by atoms with van der Waals surface area (Å²) in [5.41, 5.74) is 1.50. The van der Waals surface area contributed by atoms with Crippen molar-refractivity contribution in [3.63, 3.8) is 0 Å². The molecule has 2 unspecified atom stereocenters. The molecule has 1 aromatic carbocycles. The lowest BCUT2D eigenvalue weighted by Crippen LogP contribution is -2.45. The van der Waals surface area contributed by atoms with E-state index in [1.54, 1.807) is 30.5 Å². The van der Waals surface area contributed by atoms with Crippen molar-refractivity contribution >= 4 is 33.1 Å². The van der Waals surface area contributed by atoms with Crippen LogP contribution in [-0.2, 0) is 14.8 Å². The van der Waals surface area contributed by atoms with Crippen molar-refractivity contribution in [2.75, 3.05) is 39.9 Å². The zero-order valence-electron chi connectivity index (χ0n) is 17.1. The van der Waals surface area contributed by atoms with Gasteiger partial charge < -0.3 is 15.0 Å². The lowest BCUT2D eigenvalue weighted by molar-refractivity contribution is -0.00545. The number of anilines is 3. The first-order valence-electron chi connectivity index (χ1n) is 10.1. The van der Waals surface area contributed by atoms with Crippen LogP contribution in [0.1, 0.15) is 30.6 Å². The van der Waals surface area contributed by atoms with Gasteiger partial charge in [0.2, 0.25) is 10.0 Å². The van der Waals surface area contributed by atoms with Crippen molar-refractivity contribution in [2.45, 2.75) is 32.5 Å². The van der Waals surface area contributed by atoms with E-state index < -0.39 is 10.0 Å². The van der Waals surface area contributed by atoms with E-state index in [2.05, 4.69) is 15.2 Å². The van der Waals surface area contributed by atoms with Crippen LogP contribution in [0.2, 0.25) is 0 Å². The van der Waals surface area contributed by atoms with Crippen molar-refractivity contribution in [3.05, 3.63) is 48.2 Å². The molecule has 4 rings (SSSR count). The van der Waals surface area contributed by atoms with E-state index in [0.717, 1.165) is 18.9 Å². The van der Waals surface area contributed by atoms with Gasteiger partial charge in [-0.15, -0.1) is 0 Å². The maximum atomic E-state index is 12.7. The summed E-state index contributed by atoms with van der Waals surface area (Å²) in [5, 5.41) is 2.83. The van der Waals surface area contributed by atoms with Gasteiger partial charge in [0.15, 0.2) is 0 Å². The largest absolute Gasteiger partial charge is 0.372 e. The third-order valence-electron chi connectivity index (χ3n) is 5.24. The first kappa shape index (κ1) is 20.6. The van der Waals surface area contributed by atoms with Crippen LogP contribution in [0.15, 0.2) is 42.6 Å². The van der Waals surface area contributed by atoms with Crippen LogP contribution >= 0.6 is 0 Å². The van der Waals surface area contributed by atoms with E-state index >= 15 is 0 Å². The van der Waals surface area contributed by atoms with Gasteiger partial charge in [0.25, 0.3) is 5.91 Å². The minimum Gasteiger partial charge on any atom is -0.372 e. The van der Waals surface area contributed by atoms with Crippen molar-refractivity contribution < 1.29 is 17.9 Å². The van der Waals surface area contributed by atoms with E-state index in [1.807, 2.05) is 26.0 Å². The highest BCUT2D eigenvalue weighted by Gasteiger charge is 2.28. The monoisotopic (exact) mass is 430 g/mol. The summed E-state index contributed by atoms with van der Waals surface area (Å²) in [6.45, 7) is 6.07. The van der Waals surface area contributed by atoms with Crippen molar-refractivity contribution in [3.8, 4) is 0 Å². The fourth-order valence-corrected chi connectivity index (χ4v) is 5.50. The van der Waals surface area contributed by atoms with Crippen LogP contribution in [0.4, 0.5) is 17.2 Å². The van der Waals surface area contributed by atoms with E-state index in [0.29, 0.717) is 29.9 Å². The number of ether oxygens (including phenoxy) is 1. The Kier molecular flexibility index (Phi) is 5.66. The molecule has 0 radical (unpaired) electrons. The number of sulfonamides is 1. The summed E-state index contributed by atoms with van der Waals surface area (Å²) >= 11 is 0. The lowest BCUT2D eigenvalue weighted by Gasteiger charge is -2.36. The predicted octanol–water partition coefficient (Wildman–Crippen LogP) is 2.49. The number of benzene rings is 1. The van der Waals surface area contributed by atoms with Crippen molar-refractivity contribution in [2.24, 2.45) is 0 Å². The molecule has 1 N–H and O–H groups in total. The average molecular weight is 431 g/mol. The summed E-state index contributed by atoms with van der Waals surface area (Å²) in [6.07, 6.45) is 2.51. The minimum atomic E-state index is -3.29. The number of pyridine rings is 1. The van der Waals surface area contributed by atoms with E-state index in [-0.39, 0.29) is 23.9 Å². The Labute approximate surface area is 176 Å². The summed E-state index contributed by atoms with van der Waals surface area (Å²) < 4.78 is 31.4. The number of rotatable bonds is 4. The van der Waals surface area contributed by atoms with Gasteiger partial charge in [-0.05, 0) is 50.6 Å².